The van der Waals surface area contributed by atoms with E-state index in [9.17, 15) is 18.8 Å². The highest BCUT2D eigenvalue weighted by atomic mass is 19.1. The highest BCUT2D eigenvalue weighted by Gasteiger charge is 2.48. The minimum absolute atomic E-state index is 0.0604. The van der Waals surface area contributed by atoms with Crippen molar-refractivity contribution in [1.29, 1.82) is 0 Å². The monoisotopic (exact) mass is 489 g/mol. The van der Waals surface area contributed by atoms with Crippen LogP contribution in [0.3, 0.4) is 0 Å². The summed E-state index contributed by atoms with van der Waals surface area (Å²) in [5, 5.41) is 6.22. The molecule has 1 aromatic carbocycles. The molecule has 3 amide bonds. The number of hydrogen-bond acceptors (Lipinski definition) is 5. The standard InChI is InChI=1S/C18H30N4O3.C8H10FN/c1-3-7-15-18(25)20(10-14-8-5-4-6-9-14)11-16-21(13-23)19(2)12-17(24)22(15)16;1-10-6-7-2-4-8(9)5-3-7/h13-16H,3-12H2,1-2H3;2-5,10H,6H2,1H3/t15-,16?;/m0./s1. The molecule has 0 aromatic heterocycles. The topological polar surface area (TPSA) is 76.2 Å². The molecule has 3 fully saturated rings. The van der Waals surface area contributed by atoms with Crippen LogP contribution in [0.5, 0.6) is 0 Å². The van der Waals surface area contributed by atoms with E-state index in [0.29, 0.717) is 18.9 Å². The normalized spacial score (nSPS) is 23.6. The van der Waals surface area contributed by atoms with E-state index in [-0.39, 0.29) is 30.3 Å². The molecule has 35 heavy (non-hydrogen) atoms. The molecule has 2 aliphatic heterocycles. The lowest BCUT2D eigenvalue weighted by atomic mass is 9.88. The van der Waals surface area contributed by atoms with Crippen molar-refractivity contribution in [2.75, 3.05) is 33.7 Å². The van der Waals surface area contributed by atoms with E-state index in [2.05, 4.69) is 5.32 Å². The van der Waals surface area contributed by atoms with Crippen molar-refractivity contribution in [3.8, 4) is 0 Å². The van der Waals surface area contributed by atoms with E-state index in [1.165, 1.54) is 44.2 Å². The van der Waals surface area contributed by atoms with Crippen molar-refractivity contribution in [2.24, 2.45) is 5.92 Å². The Labute approximate surface area is 208 Å². The lowest BCUT2D eigenvalue weighted by Crippen LogP contribution is -2.74. The Bertz CT molecular complexity index is 846. The highest BCUT2D eigenvalue weighted by Crippen LogP contribution is 2.30. The quantitative estimate of drug-likeness (QED) is 0.596. The zero-order chi connectivity index (χ0) is 25.4. The van der Waals surface area contributed by atoms with Crippen LogP contribution in [0.15, 0.2) is 24.3 Å². The fraction of sp³-hybridized carbons (Fsp3) is 0.654. The molecule has 2 atom stereocenters. The first-order valence-corrected chi connectivity index (χ1v) is 12.8. The van der Waals surface area contributed by atoms with Gasteiger partial charge in [0.2, 0.25) is 18.2 Å². The van der Waals surface area contributed by atoms with Crippen molar-refractivity contribution in [1.82, 2.24) is 25.1 Å². The number of benzene rings is 1. The lowest BCUT2D eigenvalue weighted by Gasteiger charge is -2.54. The van der Waals surface area contributed by atoms with Gasteiger partial charge in [0.05, 0.1) is 13.1 Å². The summed E-state index contributed by atoms with van der Waals surface area (Å²) in [5.41, 5.74) is 1.10. The Balaban J connectivity index is 0.000000287. The van der Waals surface area contributed by atoms with Crippen molar-refractivity contribution in [3.63, 3.8) is 0 Å². The summed E-state index contributed by atoms with van der Waals surface area (Å²) in [6.07, 6.45) is 8.00. The van der Waals surface area contributed by atoms with E-state index in [1.807, 2.05) is 18.9 Å². The molecule has 1 aromatic rings. The Morgan fingerprint density at radius 2 is 1.80 bits per heavy atom. The second kappa shape index (κ2) is 13.0. The van der Waals surface area contributed by atoms with Gasteiger partial charge in [-0.15, -0.1) is 0 Å². The number of likely N-dealkylation sites (N-methyl/N-ethyl adjacent to an activating group) is 1. The third-order valence-corrected chi connectivity index (χ3v) is 7.16. The number of carbonyl (C=O) groups is 3. The molecule has 0 bridgehead atoms. The number of halogens is 1. The first kappa shape index (κ1) is 27.1. The molecule has 9 heteroatoms. The number of nitrogens with zero attached hydrogens (tertiary/aromatic N) is 4. The Morgan fingerprint density at radius 1 is 1.11 bits per heavy atom. The van der Waals surface area contributed by atoms with E-state index < -0.39 is 6.04 Å². The van der Waals surface area contributed by atoms with Gasteiger partial charge in [-0.1, -0.05) is 44.7 Å². The lowest BCUT2D eigenvalue weighted by molar-refractivity contribution is -0.197. The predicted molar refractivity (Wildman–Crippen MR) is 132 cm³/mol. The van der Waals surface area contributed by atoms with Crippen LogP contribution in [0, 0.1) is 11.7 Å². The van der Waals surface area contributed by atoms with Crippen molar-refractivity contribution in [2.45, 2.75) is 70.6 Å². The van der Waals surface area contributed by atoms with Gasteiger partial charge in [0.25, 0.3) is 0 Å². The zero-order valence-electron chi connectivity index (χ0n) is 21.3. The van der Waals surface area contributed by atoms with E-state index in [0.717, 1.165) is 31.5 Å². The molecule has 0 radical (unpaired) electrons. The number of nitrogens with one attached hydrogen (secondary N) is 1. The van der Waals surface area contributed by atoms with Gasteiger partial charge < -0.3 is 15.1 Å². The van der Waals surface area contributed by atoms with Crippen LogP contribution in [0.1, 0.15) is 57.4 Å². The van der Waals surface area contributed by atoms with E-state index in [1.54, 1.807) is 34.1 Å². The average Bonchev–Trinajstić information content (AvgIpc) is 2.84. The van der Waals surface area contributed by atoms with E-state index >= 15 is 0 Å². The molecule has 1 unspecified atom stereocenters. The number of hydrazine groups is 1. The molecular weight excluding hydrogens is 449 g/mol. The maximum Gasteiger partial charge on any atom is 0.245 e. The SMILES string of the molecule is CCC[C@H]1C(=O)N(CC2CCCCC2)CC2N1C(=O)CN(C)N2C=O.CNCc1ccc(F)cc1. The number of amides is 3. The van der Waals surface area contributed by atoms with Crippen LogP contribution in [0.2, 0.25) is 0 Å². The third kappa shape index (κ3) is 6.79. The largest absolute Gasteiger partial charge is 0.337 e. The van der Waals surface area contributed by atoms with Gasteiger partial charge in [-0.05, 0) is 49.9 Å². The molecule has 194 valence electrons. The van der Waals surface area contributed by atoms with Gasteiger partial charge in [-0.2, -0.15) is 0 Å². The second-order valence-corrected chi connectivity index (χ2v) is 9.79. The highest BCUT2D eigenvalue weighted by molar-refractivity contribution is 5.90. The number of rotatable bonds is 7. The van der Waals surface area contributed by atoms with Crippen LogP contribution >= 0.6 is 0 Å². The molecule has 8 nitrogen and oxygen atoms in total. The molecular formula is C26H40FN5O3. The first-order chi connectivity index (χ1) is 16.9. The molecule has 0 spiro atoms. The van der Waals surface area contributed by atoms with Crippen molar-refractivity contribution < 1.29 is 18.8 Å². The van der Waals surface area contributed by atoms with Gasteiger partial charge in [0.15, 0.2) is 0 Å². The summed E-state index contributed by atoms with van der Waals surface area (Å²) >= 11 is 0. The van der Waals surface area contributed by atoms with Crippen molar-refractivity contribution >= 4 is 18.2 Å². The maximum atomic E-state index is 13.1. The molecule has 4 rings (SSSR count). The van der Waals surface area contributed by atoms with Crippen LogP contribution in [0.4, 0.5) is 4.39 Å². The fourth-order valence-electron chi connectivity index (χ4n) is 5.39. The van der Waals surface area contributed by atoms with Crippen LogP contribution < -0.4 is 5.32 Å². The van der Waals surface area contributed by atoms with E-state index in [4.69, 9.17) is 0 Å². The zero-order valence-corrected chi connectivity index (χ0v) is 21.3. The number of piperazine rings is 1. The summed E-state index contributed by atoms with van der Waals surface area (Å²) in [6.45, 7) is 4.14. The Hall–Kier alpha value is -2.52. The molecule has 2 heterocycles. The van der Waals surface area contributed by atoms with Crippen LogP contribution in [0.25, 0.3) is 0 Å². The Kier molecular flexibility index (Phi) is 10.0. The number of fused-ring (bicyclic) bond motifs is 1. The minimum Gasteiger partial charge on any atom is -0.337 e. The maximum absolute atomic E-state index is 13.1. The summed E-state index contributed by atoms with van der Waals surface area (Å²) < 4.78 is 12.3. The van der Waals surface area contributed by atoms with Gasteiger partial charge in [-0.25, -0.2) is 9.40 Å². The third-order valence-electron chi connectivity index (χ3n) is 7.16. The minimum atomic E-state index is -0.434. The van der Waals surface area contributed by atoms with Crippen molar-refractivity contribution in [3.05, 3.63) is 35.6 Å². The van der Waals surface area contributed by atoms with Gasteiger partial charge in [-0.3, -0.25) is 19.4 Å². The number of hydrogen-bond donors (Lipinski definition) is 1. The Morgan fingerprint density at radius 3 is 2.40 bits per heavy atom. The van der Waals surface area contributed by atoms with Gasteiger partial charge in [0, 0.05) is 20.1 Å². The molecule has 1 saturated carbocycles. The predicted octanol–water partition coefficient (Wildman–Crippen LogP) is 2.60. The summed E-state index contributed by atoms with van der Waals surface area (Å²) in [5.74, 6) is 0.371. The summed E-state index contributed by atoms with van der Waals surface area (Å²) in [7, 11) is 3.61. The smallest absolute Gasteiger partial charge is 0.245 e. The first-order valence-electron chi connectivity index (χ1n) is 12.8. The number of carbonyl (C=O) groups excluding carboxylic acids is 3. The molecule has 1 N–H and O–H groups in total. The molecule has 2 saturated heterocycles. The van der Waals surface area contributed by atoms with Gasteiger partial charge in [0.1, 0.15) is 18.0 Å². The molecule has 3 aliphatic rings. The van der Waals surface area contributed by atoms with Gasteiger partial charge >= 0.3 is 0 Å². The fourth-order valence-corrected chi connectivity index (χ4v) is 5.39. The average molecular weight is 490 g/mol. The molecule has 1 aliphatic carbocycles. The summed E-state index contributed by atoms with van der Waals surface area (Å²) in [6, 6.07) is 6.03. The van der Waals surface area contributed by atoms with Crippen LogP contribution in [-0.2, 0) is 20.9 Å². The second-order valence-electron chi connectivity index (χ2n) is 9.79. The van der Waals surface area contributed by atoms with Crippen LogP contribution in [-0.4, -0.2) is 84.0 Å². The summed E-state index contributed by atoms with van der Waals surface area (Å²) in [4.78, 5) is 40.9.